The maximum Gasteiger partial charge on any atom is 0.168 e. The highest BCUT2D eigenvalue weighted by molar-refractivity contribution is 6.43. The van der Waals surface area contributed by atoms with Crippen LogP contribution < -0.4 is 4.90 Å². The molecule has 5 rings (SSSR count). The fourth-order valence-corrected chi connectivity index (χ4v) is 6.92. The molecule has 4 fully saturated rings. The molecule has 1 aromatic carbocycles. The van der Waals surface area contributed by atoms with Gasteiger partial charge in [0.15, 0.2) is 5.79 Å². The molecule has 30 heavy (non-hydrogen) atoms. The summed E-state index contributed by atoms with van der Waals surface area (Å²) in [6.45, 7) is 11.8. The zero-order valence-electron chi connectivity index (χ0n) is 18.2. The van der Waals surface area contributed by atoms with Crippen molar-refractivity contribution in [3.05, 3.63) is 28.2 Å². The lowest BCUT2D eigenvalue weighted by Gasteiger charge is -2.41. The summed E-state index contributed by atoms with van der Waals surface area (Å²) in [5.74, 6) is 1.79. The maximum absolute atomic E-state index is 6.44. The largest absolute Gasteiger partial charge is 0.368 e. The van der Waals surface area contributed by atoms with Crippen LogP contribution in [0, 0.1) is 23.2 Å². The maximum atomic E-state index is 6.44. The second-order valence-corrected chi connectivity index (χ2v) is 11.4. The lowest BCUT2D eigenvalue weighted by molar-refractivity contribution is -0.280. The van der Waals surface area contributed by atoms with Crippen molar-refractivity contribution in [2.24, 2.45) is 23.2 Å². The van der Waals surface area contributed by atoms with Crippen molar-refractivity contribution >= 4 is 28.9 Å². The smallest absolute Gasteiger partial charge is 0.168 e. The number of hydrogen-bond acceptors (Lipinski definition) is 4. The van der Waals surface area contributed by atoms with Crippen LogP contribution in [-0.4, -0.2) is 56.6 Å². The lowest BCUT2D eigenvalue weighted by Crippen LogP contribution is -2.49. The van der Waals surface area contributed by atoms with Gasteiger partial charge >= 0.3 is 0 Å². The molecule has 0 bridgehead atoms. The van der Waals surface area contributed by atoms with Crippen molar-refractivity contribution in [3.8, 4) is 0 Å². The standard InChI is InChI=1S/C24H34Cl2N2O2/c1-17-14-29-24(30-15-17)12-18-10-23(2,11-19(18)13-24)16-27-6-8-28(9-7-27)21-5-3-4-20(25)22(21)26/h3-5,17-19H,6-16H2,1-2H3. The highest BCUT2D eigenvalue weighted by Gasteiger charge is 2.55. The Kier molecular flexibility index (Phi) is 5.77. The van der Waals surface area contributed by atoms with E-state index in [4.69, 9.17) is 32.7 Å². The molecule has 6 heteroatoms. The predicted octanol–water partition coefficient (Wildman–Crippen LogP) is 5.32. The molecule has 1 aromatic rings. The van der Waals surface area contributed by atoms with Gasteiger partial charge in [-0.2, -0.15) is 0 Å². The number of benzene rings is 1. The first-order chi connectivity index (χ1) is 14.3. The van der Waals surface area contributed by atoms with Gasteiger partial charge in [0.2, 0.25) is 0 Å². The average molecular weight is 453 g/mol. The van der Waals surface area contributed by atoms with Gasteiger partial charge in [-0.15, -0.1) is 0 Å². The van der Waals surface area contributed by atoms with Gasteiger partial charge in [0.05, 0.1) is 28.9 Å². The molecule has 2 unspecified atom stereocenters. The van der Waals surface area contributed by atoms with E-state index in [9.17, 15) is 0 Å². The summed E-state index contributed by atoms with van der Waals surface area (Å²) in [6.07, 6.45) is 4.81. The molecule has 4 nitrogen and oxygen atoms in total. The fraction of sp³-hybridized carbons (Fsp3) is 0.750. The van der Waals surface area contributed by atoms with E-state index >= 15 is 0 Å². The molecule has 2 heterocycles. The molecule has 0 radical (unpaired) electrons. The van der Waals surface area contributed by atoms with Gasteiger partial charge in [0, 0.05) is 51.5 Å². The van der Waals surface area contributed by atoms with Crippen molar-refractivity contribution in [1.29, 1.82) is 0 Å². The normalized spacial score (nSPS) is 39.6. The Morgan fingerprint density at radius 2 is 1.60 bits per heavy atom. The molecular weight excluding hydrogens is 419 g/mol. The Morgan fingerprint density at radius 3 is 2.23 bits per heavy atom. The fourth-order valence-electron chi connectivity index (χ4n) is 6.51. The minimum absolute atomic E-state index is 0.259. The molecular formula is C24H34Cl2N2O2. The van der Waals surface area contributed by atoms with Crippen molar-refractivity contribution in [1.82, 2.24) is 4.90 Å². The van der Waals surface area contributed by atoms with E-state index in [0.29, 0.717) is 21.4 Å². The summed E-state index contributed by atoms with van der Waals surface area (Å²) in [4.78, 5) is 5.03. The van der Waals surface area contributed by atoms with Crippen molar-refractivity contribution < 1.29 is 9.47 Å². The molecule has 2 atom stereocenters. The van der Waals surface area contributed by atoms with Gasteiger partial charge in [0.1, 0.15) is 0 Å². The number of rotatable bonds is 3. The number of fused-ring (bicyclic) bond motifs is 1. The van der Waals surface area contributed by atoms with Crippen LogP contribution in [0.5, 0.6) is 0 Å². The number of halogens is 2. The Hall–Kier alpha value is -0.520. The summed E-state index contributed by atoms with van der Waals surface area (Å²) in [5.41, 5.74) is 1.48. The number of anilines is 1. The zero-order valence-corrected chi connectivity index (χ0v) is 19.7. The van der Waals surface area contributed by atoms with E-state index < -0.39 is 0 Å². The van der Waals surface area contributed by atoms with Crippen LogP contribution in [0.25, 0.3) is 0 Å². The van der Waals surface area contributed by atoms with E-state index in [2.05, 4.69) is 29.7 Å². The predicted molar refractivity (Wildman–Crippen MR) is 122 cm³/mol. The van der Waals surface area contributed by atoms with Crippen LogP contribution in [0.2, 0.25) is 10.0 Å². The average Bonchev–Trinajstić information content (AvgIpc) is 3.18. The first-order valence-electron chi connectivity index (χ1n) is 11.5. The molecule has 0 N–H and O–H groups in total. The van der Waals surface area contributed by atoms with Crippen LogP contribution in [0.3, 0.4) is 0 Å². The van der Waals surface area contributed by atoms with Gasteiger partial charge in [-0.1, -0.05) is 43.1 Å². The summed E-state index contributed by atoms with van der Waals surface area (Å²) >= 11 is 12.7. The van der Waals surface area contributed by atoms with Crippen molar-refractivity contribution in [3.63, 3.8) is 0 Å². The third-order valence-electron chi connectivity index (χ3n) is 7.83. The van der Waals surface area contributed by atoms with Gasteiger partial charge in [-0.05, 0) is 42.2 Å². The molecule has 0 amide bonds. The monoisotopic (exact) mass is 452 g/mol. The molecule has 4 aliphatic rings. The third kappa shape index (κ3) is 4.11. The molecule has 0 aromatic heterocycles. The second kappa shape index (κ2) is 8.12. The molecule has 2 aliphatic carbocycles. The Labute approximate surface area is 190 Å². The van der Waals surface area contributed by atoms with Gasteiger partial charge < -0.3 is 14.4 Å². The molecule has 2 aliphatic heterocycles. The Morgan fingerprint density at radius 1 is 0.967 bits per heavy atom. The molecule has 166 valence electrons. The number of ether oxygens (including phenoxy) is 2. The minimum Gasteiger partial charge on any atom is -0.368 e. The third-order valence-corrected chi connectivity index (χ3v) is 8.64. The zero-order chi connectivity index (χ0) is 20.9. The Balaban J connectivity index is 1.14. The van der Waals surface area contributed by atoms with Gasteiger partial charge in [0.25, 0.3) is 0 Å². The highest BCUT2D eigenvalue weighted by Crippen LogP contribution is 2.57. The molecule has 2 saturated heterocycles. The highest BCUT2D eigenvalue weighted by atomic mass is 35.5. The topological polar surface area (TPSA) is 24.9 Å². The number of piperazine rings is 1. The van der Waals surface area contributed by atoms with Crippen LogP contribution in [0.15, 0.2) is 18.2 Å². The van der Waals surface area contributed by atoms with Crippen LogP contribution in [0.4, 0.5) is 5.69 Å². The van der Waals surface area contributed by atoms with Crippen LogP contribution in [-0.2, 0) is 9.47 Å². The quantitative estimate of drug-likeness (QED) is 0.619. The summed E-state index contributed by atoms with van der Waals surface area (Å²) in [7, 11) is 0. The first kappa shape index (κ1) is 21.3. The Bertz CT molecular complexity index is 756. The molecule has 1 spiro atoms. The number of nitrogens with zero attached hydrogens (tertiary/aromatic N) is 2. The second-order valence-electron chi connectivity index (χ2n) is 10.6. The van der Waals surface area contributed by atoms with Crippen LogP contribution >= 0.6 is 23.2 Å². The summed E-state index contributed by atoms with van der Waals surface area (Å²) in [6, 6.07) is 5.92. The van der Waals surface area contributed by atoms with E-state index in [1.165, 1.54) is 19.4 Å². The van der Waals surface area contributed by atoms with E-state index in [0.717, 1.165) is 69.8 Å². The minimum atomic E-state index is -0.259. The number of hydrogen-bond donors (Lipinski definition) is 0. The van der Waals surface area contributed by atoms with Crippen molar-refractivity contribution in [2.45, 2.75) is 45.3 Å². The SMILES string of the molecule is CC1COC2(CC3CC(C)(CN4CCN(c5cccc(Cl)c5Cl)CC4)CC3C2)OC1. The van der Waals surface area contributed by atoms with E-state index in [-0.39, 0.29) is 5.79 Å². The lowest BCUT2D eigenvalue weighted by atomic mass is 9.84. The summed E-state index contributed by atoms with van der Waals surface area (Å²) in [5, 5.41) is 1.32. The van der Waals surface area contributed by atoms with Crippen LogP contribution in [0.1, 0.15) is 39.5 Å². The summed E-state index contributed by atoms with van der Waals surface area (Å²) < 4.78 is 12.4. The van der Waals surface area contributed by atoms with Gasteiger partial charge in [-0.25, -0.2) is 0 Å². The van der Waals surface area contributed by atoms with E-state index in [1.54, 1.807) is 0 Å². The molecule has 2 saturated carbocycles. The first-order valence-corrected chi connectivity index (χ1v) is 12.3. The van der Waals surface area contributed by atoms with E-state index in [1.807, 2.05) is 12.1 Å². The van der Waals surface area contributed by atoms with Gasteiger partial charge in [-0.3, -0.25) is 4.90 Å². The van der Waals surface area contributed by atoms with Crippen molar-refractivity contribution in [2.75, 3.05) is 50.8 Å².